The van der Waals surface area contributed by atoms with Gasteiger partial charge in [0.05, 0.1) is 6.04 Å². The van der Waals surface area contributed by atoms with Crippen LogP contribution in [0.2, 0.25) is 0 Å². The van der Waals surface area contributed by atoms with Crippen LogP contribution in [-0.2, 0) is 0 Å². The Kier molecular flexibility index (Phi) is 7.96. The Morgan fingerprint density at radius 2 is 1.83 bits per heavy atom. The van der Waals surface area contributed by atoms with Crippen molar-refractivity contribution in [2.75, 3.05) is 40.5 Å². The zero-order valence-corrected chi connectivity index (χ0v) is 16.1. The smallest absolute Gasteiger partial charge is 0.191 e. The predicted octanol–water partition coefficient (Wildman–Crippen LogP) is 2.87. The van der Waals surface area contributed by atoms with Gasteiger partial charge in [-0.25, -0.2) is 8.78 Å². The molecule has 1 unspecified atom stereocenters. The van der Waals surface area contributed by atoms with Crippen molar-refractivity contribution in [2.24, 2.45) is 4.99 Å². The Bertz CT molecular complexity index is 541. The summed E-state index contributed by atoms with van der Waals surface area (Å²) in [5.41, 5.74) is 0.0647. The number of nitrogens with zero attached hydrogens (tertiary/aromatic N) is 2. The van der Waals surface area contributed by atoms with Crippen LogP contribution >= 0.6 is 11.8 Å². The summed E-state index contributed by atoms with van der Waals surface area (Å²) in [7, 11) is 5.27. The standard InChI is InChI=1S/C17H28F2N4S/c1-17(2,24-6)11-22-16(20-3)21-10-14(23(4)5)15-12(18)8-7-9-13(15)19/h7-9,14H,10-11H2,1-6H3,(H2,20,21,22). The lowest BCUT2D eigenvalue weighted by molar-refractivity contribution is 0.282. The molecule has 2 N–H and O–H groups in total. The fourth-order valence-electron chi connectivity index (χ4n) is 2.15. The highest BCUT2D eigenvalue weighted by Crippen LogP contribution is 2.24. The summed E-state index contributed by atoms with van der Waals surface area (Å²) in [4.78, 5) is 5.96. The number of guanidine groups is 1. The third-order valence-corrected chi connectivity index (χ3v) is 5.13. The van der Waals surface area contributed by atoms with Gasteiger partial charge >= 0.3 is 0 Å². The van der Waals surface area contributed by atoms with Gasteiger partial charge < -0.3 is 15.5 Å². The molecule has 0 radical (unpaired) electrons. The zero-order chi connectivity index (χ0) is 18.3. The van der Waals surface area contributed by atoms with Crippen LogP contribution in [0.1, 0.15) is 25.5 Å². The van der Waals surface area contributed by atoms with E-state index >= 15 is 0 Å². The van der Waals surface area contributed by atoms with Gasteiger partial charge in [0.25, 0.3) is 0 Å². The van der Waals surface area contributed by atoms with Crippen LogP contribution in [0, 0.1) is 11.6 Å². The highest BCUT2D eigenvalue weighted by Gasteiger charge is 2.23. The van der Waals surface area contributed by atoms with Crippen molar-refractivity contribution in [3.63, 3.8) is 0 Å². The molecule has 0 heterocycles. The van der Waals surface area contributed by atoms with E-state index in [1.807, 2.05) is 0 Å². The molecular weight excluding hydrogens is 330 g/mol. The summed E-state index contributed by atoms with van der Waals surface area (Å²) >= 11 is 1.76. The van der Waals surface area contributed by atoms with E-state index in [1.54, 1.807) is 37.8 Å². The van der Waals surface area contributed by atoms with E-state index in [2.05, 4.69) is 35.7 Å². The number of likely N-dealkylation sites (N-methyl/N-ethyl adjacent to an activating group) is 1. The highest BCUT2D eigenvalue weighted by molar-refractivity contribution is 7.99. The first-order valence-corrected chi connectivity index (χ1v) is 9.04. The van der Waals surface area contributed by atoms with E-state index in [1.165, 1.54) is 18.2 Å². The average Bonchev–Trinajstić information content (AvgIpc) is 2.52. The summed E-state index contributed by atoms with van der Waals surface area (Å²) in [6.07, 6.45) is 2.06. The summed E-state index contributed by atoms with van der Waals surface area (Å²) in [6.45, 7) is 5.34. The summed E-state index contributed by atoms with van der Waals surface area (Å²) in [5.74, 6) is -0.468. The molecular formula is C17H28F2N4S. The number of hydrogen-bond acceptors (Lipinski definition) is 3. The molecule has 7 heteroatoms. The van der Waals surface area contributed by atoms with Gasteiger partial charge in [0, 0.05) is 30.4 Å². The van der Waals surface area contributed by atoms with Gasteiger partial charge in [-0.1, -0.05) is 6.07 Å². The van der Waals surface area contributed by atoms with Crippen LogP contribution in [0.4, 0.5) is 8.78 Å². The first kappa shape index (κ1) is 20.7. The Morgan fingerprint density at radius 3 is 2.29 bits per heavy atom. The first-order chi connectivity index (χ1) is 11.2. The maximum atomic E-state index is 14.1. The minimum atomic E-state index is -0.540. The van der Waals surface area contributed by atoms with Crippen molar-refractivity contribution < 1.29 is 8.78 Å². The van der Waals surface area contributed by atoms with Crippen molar-refractivity contribution >= 4 is 17.7 Å². The number of aliphatic imine (C=N–C) groups is 1. The second kappa shape index (κ2) is 9.22. The SMILES string of the molecule is CN=C(NCC(c1c(F)cccc1F)N(C)C)NCC(C)(C)SC. The Labute approximate surface area is 148 Å². The number of rotatable bonds is 7. The molecule has 1 aromatic rings. The van der Waals surface area contributed by atoms with E-state index in [-0.39, 0.29) is 10.3 Å². The number of hydrogen-bond donors (Lipinski definition) is 2. The monoisotopic (exact) mass is 358 g/mol. The second-order valence-corrected chi connectivity index (χ2v) is 7.90. The lowest BCUT2D eigenvalue weighted by Gasteiger charge is -2.28. The number of nitrogens with one attached hydrogen (secondary N) is 2. The normalized spacial score (nSPS) is 14.0. The van der Waals surface area contributed by atoms with Gasteiger partial charge in [-0.3, -0.25) is 4.99 Å². The van der Waals surface area contributed by atoms with Crippen LogP contribution in [0.15, 0.2) is 23.2 Å². The highest BCUT2D eigenvalue weighted by atomic mass is 32.2. The fourth-order valence-corrected chi connectivity index (χ4v) is 2.37. The van der Waals surface area contributed by atoms with Gasteiger partial charge in [0.1, 0.15) is 11.6 Å². The lowest BCUT2D eigenvalue weighted by Crippen LogP contribution is -2.45. The minimum Gasteiger partial charge on any atom is -0.355 e. The Balaban J connectivity index is 2.80. The van der Waals surface area contributed by atoms with Gasteiger partial charge in [0.2, 0.25) is 0 Å². The summed E-state index contributed by atoms with van der Waals surface area (Å²) in [6, 6.07) is 3.49. The van der Waals surface area contributed by atoms with Gasteiger partial charge in [-0.2, -0.15) is 11.8 Å². The second-order valence-electron chi connectivity index (χ2n) is 6.39. The van der Waals surface area contributed by atoms with Crippen LogP contribution in [0.3, 0.4) is 0 Å². The summed E-state index contributed by atoms with van der Waals surface area (Å²) in [5, 5.41) is 6.40. The average molecular weight is 359 g/mol. The molecule has 4 nitrogen and oxygen atoms in total. The van der Waals surface area contributed by atoms with Gasteiger partial charge in [0.15, 0.2) is 5.96 Å². The van der Waals surface area contributed by atoms with E-state index in [0.717, 1.165) is 6.54 Å². The molecule has 0 bridgehead atoms. The molecule has 0 spiro atoms. The van der Waals surface area contributed by atoms with Crippen LogP contribution in [-0.4, -0.2) is 56.1 Å². The maximum Gasteiger partial charge on any atom is 0.191 e. The molecule has 0 aliphatic rings. The van der Waals surface area contributed by atoms with Crippen molar-refractivity contribution in [3.8, 4) is 0 Å². The first-order valence-electron chi connectivity index (χ1n) is 7.82. The van der Waals surface area contributed by atoms with Crippen LogP contribution in [0.25, 0.3) is 0 Å². The van der Waals surface area contributed by atoms with E-state index < -0.39 is 17.7 Å². The van der Waals surface area contributed by atoms with E-state index in [0.29, 0.717) is 12.5 Å². The molecule has 1 aromatic carbocycles. The van der Waals surface area contributed by atoms with Crippen LogP contribution < -0.4 is 10.6 Å². The molecule has 136 valence electrons. The lowest BCUT2D eigenvalue weighted by atomic mass is 10.0. The Morgan fingerprint density at radius 1 is 1.25 bits per heavy atom. The molecule has 1 atom stereocenters. The largest absolute Gasteiger partial charge is 0.355 e. The molecule has 24 heavy (non-hydrogen) atoms. The topological polar surface area (TPSA) is 39.7 Å². The van der Waals surface area contributed by atoms with E-state index in [4.69, 9.17) is 0 Å². The molecule has 0 saturated heterocycles. The maximum absolute atomic E-state index is 14.1. The molecule has 0 fully saturated rings. The van der Waals surface area contributed by atoms with E-state index in [9.17, 15) is 8.78 Å². The Hall–Kier alpha value is -1.34. The molecule has 0 saturated carbocycles. The minimum absolute atomic E-state index is 0.0647. The zero-order valence-electron chi connectivity index (χ0n) is 15.3. The number of thioether (sulfide) groups is 1. The van der Waals surface area contributed by atoms with Crippen molar-refractivity contribution in [2.45, 2.75) is 24.6 Å². The molecule has 0 aliphatic heterocycles. The summed E-state index contributed by atoms with van der Waals surface area (Å²) < 4.78 is 28.2. The van der Waals surface area contributed by atoms with Crippen molar-refractivity contribution in [1.82, 2.24) is 15.5 Å². The molecule has 1 rings (SSSR count). The van der Waals surface area contributed by atoms with Crippen molar-refractivity contribution in [1.29, 1.82) is 0 Å². The number of benzene rings is 1. The van der Waals surface area contributed by atoms with Gasteiger partial charge in [-0.05, 0) is 46.3 Å². The quantitative estimate of drug-likeness (QED) is 0.581. The number of halogens is 2. The third-order valence-electron chi connectivity index (χ3n) is 3.88. The molecule has 0 aliphatic carbocycles. The molecule has 0 aromatic heterocycles. The predicted molar refractivity (Wildman–Crippen MR) is 99.7 cm³/mol. The molecule has 0 amide bonds. The third kappa shape index (κ3) is 5.94. The van der Waals surface area contributed by atoms with Gasteiger partial charge in [-0.15, -0.1) is 0 Å². The van der Waals surface area contributed by atoms with Crippen LogP contribution in [0.5, 0.6) is 0 Å². The fraction of sp³-hybridized carbons (Fsp3) is 0.588. The van der Waals surface area contributed by atoms with Crippen molar-refractivity contribution in [3.05, 3.63) is 35.4 Å².